The normalized spacial score (nSPS) is 10.6. The van der Waals surface area contributed by atoms with E-state index in [-0.39, 0.29) is 5.90 Å². The number of anilines is 1. The molecular weight excluding hydrogens is 208 g/mol. The summed E-state index contributed by atoms with van der Waals surface area (Å²) < 4.78 is 6.52. The highest BCUT2D eigenvalue weighted by molar-refractivity contribution is 6.06. The van der Waals surface area contributed by atoms with Gasteiger partial charge in [0.25, 0.3) is 0 Å². The molecule has 0 radical (unpaired) electrons. The first-order valence-corrected chi connectivity index (χ1v) is 4.79. The van der Waals surface area contributed by atoms with Gasteiger partial charge in [0.1, 0.15) is 12.1 Å². The van der Waals surface area contributed by atoms with Crippen molar-refractivity contribution in [2.24, 2.45) is 0 Å². The highest BCUT2D eigenvalue weighted by Crippen LogP contribution is 2.21. The number of methoxy groups -OCH3 is 1. The fourth-order valence-electron chi connectivity index (χ4n) is 1.51. The lowest BCUT2D eigenvalue weighted by molar-refractivity contribution is 0.399. The summed E-state index contributed by atoms with van der Waals surface area (Å²) in [6.45, 7) is 2.58. The first kappa shape index (κ1) is 10.3. The second-order valence-electron chi connectivity index (χ2n) is 3.16. The van der Waals surface area contributed by atoms with E-state index in [1.807, 2.05) is 6.92 Å². The third-order valence-corrected chi connectivity index (χ3v) is 2.28. The third-order valence-electron chi connectivity index (χ3n) is 2.28. The van der Waals surface area contributed by atoms with E-state index in [0.29, 0.717) is 29.1 Å². The molecule has 7 nitrogen and oxygen atoms in total. The molecule has 2 heterocycles. The van der Waals surface area contributed by atoms with Gasteiger partial charge in [-0.15, -0.1) is 0 Å². The molecule has 84 valence electrons. The lowest BCUT2D eigenvalue weighted by Gasteiger charge is -1.98. The van der Waals surface area contributed by atoms with Crippen LogP contribution in [0.2, 0.25) is 0 Å². The molecule has 0 fully saturated rings. The van der Waals surface area contributed by atoms with E-state index in [9.17, 15) is 0 Å². The van der Waals surface area contributed by atoms with Crippen molar-refractivity contribution in [3.8, 4) is 0 Å². The molecule has 0 bridgehead atoms. The predicted molar refractivity (Wildman–Crippen MR) is 59.2 cm³/mol. The van der Waals surface area contributed by atoms with E-state index in [0.717, 1.165) is 0 Å². The molecule has 0 aliphatic rings. The number of nitrogen functional groups attached to an aromatic ring is 1. The average Bonchev–Trinajstić information content (AvgIpc) is 2.68. The Bertz CT molecular complexity index is 546. The number of nitrogens with zero attached hydrogens (tertiary/aromatic N) is 4. The zero-order valence-electron chi connectivity index (χ0n) is 9.06. The molecule has 3 N–H and O–H groups in total. The van der Waals surface area contributed by atoms with Crippen LogP contribution < -0.4 is 5.73 Å². The number of fused-ring (bicyclic) bond motifs is 1. The summed E-state index contributed by atoms with van der Waals surface area (Å²) in [5.41, 5.74) is 6.75. The fourth-order valence-corrected chi connectivity index (χ4v) is 1.51. The highest BCUT2D eigenvalue weighted by atomic mass is 16.5. The molecule has 7 heteroatoms. The molecule has 0 atom stereocenters. The predicted octanol–water partition coefficient (Wildman–Crippen LogP) is 0.400. The standard InChI is InChI=1S/C9H12N6O/c1-3-15-9-5(7(10)12-4-13-9)6(14-15)8(11)16-2/h4,11H,3H2,1-2H3,(H2,10,12,13). The maximum Gasteiger partial charge on any atom is 0.234 e. The van der Waals surface area contributed by atoms with Crippen LogP contribution in [0.15, 0.2) is 6.33 Å². The van der Waals surface area contributed by atoms with Crippen LogP contribution in [0, 0.1) is 5.41 Å². The summed E-state index contributed by atoms with van der Waals surface area (Å²) in [6.07, 6.45) is 1.38. The van der Waals surface area contributed by atoms with Crippen LogP contribution >= 0.6 is 0 Å². The molecule has 2 rings (SSSR count). The van der Waals surface area contributed by atoms with Gasteiger partial charge in [0.05, 0.1) is 12.5 Å². The molecule has 0 saturated heterocycles. The van der Waals surface area contributed by atoms with Crippen LogP contribution in [-0.4, -0.2) is 32.8 Å². The SMILES string of the molecule is CCn1nc(C(=N)OC)c2c(N)ncnc21. The minimum Gasteiger partial charge on any atom is -0.480 e. The Morgan fingerprint density at radius 3 is 2.94 bits per heavy atom. The number of rotatable bonds is 2. The van der Waals surface area contributed by atoms with E-state index in [1.54, 1.807) is 4.68 Å². The summed E-state index contributed by atoms with van der Waals surface area (Å²) in [6, 6.07) is 0. The van der Waals surface area contributed by atoms with Crippen LogP contribution in [0.1, 0.15) is 12.6 Å². The van der Waals surface area contributed by atoms with E-state index in [4.69, 9.17) is 15.9 Å². The summed E-state index contributed by atoms with van der Waals surface area (Å²) in [5.74, 6) is 0.264. The topological polar surface area (TPSA) is 103 Å². The summed E-state index contributed by atoms with van der Waals surface area (Å²) in [7, 11) is 1.42. The summed E-state index contributed by atoms with van der Waals surface area (Å²) >= 11 is 0. The number of nitrogens with two attached hydrogens (primary N) is 1. The van der Waals surface area contributed by atoms with Gasteiger partial charge in [0.2, 0.25) is 5.90 Å². The Balaban J connectivity index is 2.79. The quantitative estimate of drug-likeness (QED) is 0.563. The van der Waals surface area contributed by atoms with E-state index in [1.165, 1.54) is 13.4 Å². The number of ether oxygens (including phenoxy) is 1. The minimum atomic E-state index is -0.0429. The smallest absolute Gasteiger partial charge is 0.234 e. The van der Waals surface area contributed by atoms with Gasteiger partial charge in [-0.2, -0.15) is 5.10 Å². The first-order valence-electron chi connectivity index (χ1n) is 4.79. The number of aryl methyl sites for hydroxylation is 1. The molecule has 2 aromatic rings. The minimum absolute atomic E-state index is 0.0429. The number of hydrogen-bond acceptors (Lipinski definition) is 6. The van der Waals surface area contributed by atoms with Crippen molar-refractivity contribution < 1.29 is 4.74 Å². The van der Waals surface area contributed by atoms with E-state index < -0.39 is 0 Å². The molecule has 0 amide bonds. The molecule has 2 aromatic heterocycles. The van der Waals surface area contributed by atoms with E-state index >= 15 is 0 Å². The molecule has 0 unspecified atom stereocenters. The maximum atomic E-state index is 7.64. The Hall–Kier alpha value is -2.18. The Morgan fingerprint density at radius 1 is 1.56 bits per heavy atom. The number of aromatic nitrogens is 4. The molecule has 16 heavy (non-hydrogen) atoms. The second kappa shape index (κ2) is 3.76. The van der Waals surface area contributed by atoms with Gasteiger partial charge < -0.3 is 10.5 Å². The van der Waals surface area contributed by atoms with Crippen LogP contribution in [0.4, 0.5) is 5.82 Å². The van der Waals surface area contributed by atoms with Gasteiger partial charge in [-0.05, 0) is 6.92 Å². The van der Waals surface area contributed by atoms with Gasteiger partial charge >= 0.3 is 0 Å². The van der Waals surface area contributed by atoms with Gasteiger partial charge in [-0.3, -0.25) is 5.41 Å². The summed E-state index contributed by atoms with van der Waals surface area (Å²) in [4.78, 5) is 8.00. The van der Waals surface area contributed by atoms with E-state index in [2.05, 4.69) is 15.1 Å². The number of hydrogen-bond donors (Lipinski definition) is 2. The van der Waals surface area contributed by atoms with Crippen molar-refractivity contribution in [2.45, 2.75) is 13.5 Å². The highest BCUT2D eigenvalue weighted by Gasteiger charge is 2.18. The van der Waals surface area contributed by atoms with Crippen LogP contribution in [0.3, 0.4) is 0 Å². The molecule has 0 aliphatic carbocycles. The molecular formula is C9H12N6O. The molecule has 0 spiro atoms. The van der Waals surface area contributed by atoms with Gasteiger partial charge in [-0.1, -0.05) is 0 Å². The Labute approximate surface area is 91.8 Å². The van der Waals surface area contributed by atoms with Crippen molar-refractivity contribution >= 4 is 22.7 Å². The van der Waals surface area contributed by atoms with Crippen molar-refractivity contribution in [1.82, 2.24) is 19.7 Å². The van der Waals surface area contributed by atoms with Crippen molar-refractivity contribution in [3.05, 3.63) is 12.0 Å². The fraction of sp³-hybridized carbons (Fsp3) is 0.333. The monoisotopic (exact) mass is 220 g/mol. The Kier molecular flexibility index (Phi) is 2.43. The first-order chi connectivity index (χ1) is 7.69. The van der Waals surface area contributed by atoms with Gasteiger partial charge in [-0.25, -0.2) is 14.6 Å². The van der Waals surface area contributed by atoms with Crippen molar-refractivity contribution in [3.63, 3.8) is 0 Å². The molecule has 0 saturated carbocycles. The maximum absolute atomic E-state index is 7.64. The zero-order chi connectivity index (χ0) is 11.7. The third kappa shape index (κ3) is 1.37. The van der Waals surface area contributed by atoms with Gasteiger partial charge in [0.15, 0.2) is 11.3 Å². The molecule has 0 aliphatic heterocycles. The van der Waals surface area contributed by atoms with Crippen molar-refractivity contribution in [2.75, 3.05) is 12.8 Å². The van der Waals surface area contributed by atoms with Crippen molar-refractivity contribution in [1.29, 1.82) is 5.41 Å². The zero-order valence-corrected chi connectivity index (χ0v) is 9.06. The lowest BCUT2D eigenvalue weighted by atomic mass is 10.3. The number of nitrogens with one attached hydrogen (secondary N) is 1. The van der Waals surface area contributed by atoms with Crippen LogP contribution in [-0.2, 0) is 11.3 Å². The van der Waals surface area contributed by atoms with Gasteiger partial charge in [0, 0.05) is 6.54 Å². The largest absolute Gasteiger partial charge is 0.480 e. The van der Waals surface area contributed by atoms with Crippen LogP contribution in [0.25, 0.3) is 11.0 Å². The molecule has 0 aromatic carbocycles. The second-order valence-corrected chi connectivity index (χ2v) is 3.16. The van der Waals surface area contributed by atoms with Crippen LogP contribution in [0.5, 0.6) is 0 Å². The average molecular weight is 220 g/mol. The Morgan fingerprint density at radius 2 is 2.31 bits per heavy atom. The summed E-state index contributed by atoms with van der Waals surface area (Å²) in [5, 5.41) is 12.4. The lowest BCUT2D eigenvalue weighted by Crippen LogP contribution is -2.05.